The molecule has 0 fully saturated rings. The molecule has 0 aliphatic heterocycles. The average Bonchev–Trinajstić information content (AvgIpc) is 3.08. The Morgan fingerprint density at radius 3 is 1.41 bits per heavy atom. The minimum atomic E-state index is 1.19. The van der Waals surface area contributed by atoms with Crippen LogP contribution in [0.3, 0.4) is 0 Å². The number of nitrogens with zero attached hydrogens (tertiary/aromatic N) is 1. The van der Waals surface area contributed by atoms with Gasteiger partial charge in [-0.1, -0.05) is 123 Å². The molecular weight excluding hydrogens is 352 g/mol. The molecule has 1 aromatic heterocycles. The zero-order chi connectivity index (χ0) is 21.0. The van der Waals surface area contributed by atoms with Gasteiger partial charge in [0.05, 0.1) is 7.05 Å². The van der Waals surface area contributed by atoms with Gasteiger partial charge in [-0.2, -0.15) is 0 Å². The van der Waals surface area contributed by atoms with Crippen LogP contribution in [0.15, 0.2) is 6.20 Å². The number of hydrogen-bond donors (Lipinski definition) is 1. The molecule has 0 radical (unpaired) electrons. The number of nitrogens with one attached hydrogen (secondary N) is 1. The molecule has 0 atom stereocenters. The van der Waals surface area contributed by atoms with E-state index in [1.807, 2.05) is 0 Å². The van der Waals surface area contributed by atoms with Crippen LogP contribution in [0.25, 0.3) is 0 Å². The molecule has 0 saturated carbocycles. The summed E-state index contributed by atoms with van der Waals surface area (Å²) in [5, 5.41) is 0. The molecule has 0 aliphatic carbocycles. The topological polar surface area (TPSA) is 19.7 Å². The number of aromatic nitrogens is 2. The molecule has 0 unspecified atom stereocenters. The maximum absolute atomic E-state index is 3.48. The van der Waals surface area contributed by atoms with Gasteiger partial charge in [0, 0.05) is 12.8 Å². The first-order valence-electron chi connectivity index (χ1n) is 13.3. The molecule has 0 aliphatic rings. The van der Waals surface area contributed by atoms with Gasteiger partial charge in [0.25, 0.3) is 5.82 Å². The van der Waals surface area contributed by atoms with Gasteiger partial charge >= 0.3 is 0 Å². The predicted molar refractivity (Wildman–Crippen MR) is 128 cm³/mol. The summed E-state index contributed by atoms with van der Waals surface area (Å²) in [4.78, 5) is 3.48. The van der Waals surface area contributed by atoms with Crippen molar-refractivity contribution in [3.63, 3.8) is 0 Å². The highest BCUT2D eigenvalue weighted by Crippen LogP contribution is 2.14. The summed E-state index contributed by atoms with van der Waals surface area (Å²) >= 11 is 0. The summed E-state index contributed by atoms with van der Waals surface area (Å²) in [5.41, 5.74) is 1.48. The van der Waals surface area contributed by atoms with Gasteiger partial charge in [-0.25, -0.2) is 9.55 Å². The first kappa shape index (κ1) is 26.2. The van der Waals surface area contributed by atoms with Crippen molar-refractivity contribution >= 4 is 0 Å². The second kappa shape index (κ2) is 19.2. The molecule has 0 amide bonds. The zero-order valence-corrected chi connectivity index (χ0v) is 20.4. The van der Waals surface area contributed by atoms with Crippen LogP contribution in [-0.4, -0.2) is 4.98 Å². The van der Waals surface area contributed by atoms with Gasteiger partial charge < -0.3 is 0 Å². The average molecular weight is 406 g/mol. The summed E-state index contributed by atoms with van der Waals surface area (Å²) in [7, 11) is 2.23. The molecule has 0 spiro atoms. The second-order valence-electron chi connectivity index (χ2n) is 9.30. The van der Waals surface area contributed by atoms with Crippen molar-refractivity contribution in [1.82, 2.24) is 4.98 Å². The number of aromatic amines is 1. The van der Waals surface area contributed by atoms with Crippen LogP contribution in [0.2, 0.25) is 0 Å². The first-order chi connectivity index (χ1) is 14.3. The van der Waals surface area contributed by atoms with E-state index < -0.39 is 0 Å². The van der Waals surface area contributed by atoms with Gasteiger partial charge in [0.1, 0.15) is 11.9 Å². The highest BCUT2D eigenvalue weighted by molar-refractivity contribution is 4.91. The number of H-pyrrole nitrogens is 1. The quantitative estimate of drug-likeness (QED) is 0.156. The fourth-order valence-electron chi connectivity index (χ4n) is 4.39. The van der Waals surface area contributed by atoms with Crippen LogP contribution in [0.5, 0.6) is 0 Å². The van der Waals surface area contributed by atoms with Crippen molar-refractivity contribution in [3.05, 3.63) is 17.7 Å². The Morgan fingerprint density at radius 1 is 0.552 bits per heavy atom. The van der Waals surface area contributed by atoms with Crippen LogP contribution >= 0.6 is 0 Å². The van der Waals surface area contributed by atoms with E-state index in [0.717, 1.165) is 0 Å². The largest absolute Gasteiger partial charge is 0.254 e. The molecule has 1 N–H and O–H groups in total. The maximum Gasteiger partial charge on any atom is 0.254 e. The molecular formula is C27H53N2+. The smallest absolute Gasteiger partial charge is 0.247 e. The lowest BCUT2D eigenvalue weighted by molar-refractivity contribution is -0.685. The Morgan fingerprint density at radius 2 is 0.966 bits per heavy atom. The van der Waals surface area contributed by atoms with Gasteiger partial charge in [-0.15, -0.1) is 0 Å². The molecule has 29 heavy (non-hydrogen) atoms. The third-order valence-corrected chi connectivity index (χ3v) is 6.54. The van der Waals surface area contributed by atoms with Gasteiger partial charge in [-0.05, 0) is 12.8 Å². The van der Waals surface area contributed by atoms with Crippen LogP contribution < -0.4 is 4.57 Å². The fourth-order valence-corrected chi connectivity index (χ4v) is 4.39. The van der Waals surface area contributed by atoms with E-state index in [4.69, 9.17) is 0 Å². The number of hydrogen-bond acceptors (Lipinski definition) is 0. The zero-order valence-electron chi connectivity index (χ0n) is 20.4. The van der Waals surface area contributed by atoms with E-state index in [-0.39, 0.29) is 0 Å². The lowest BCUT2D eigenvalue weighted by Gasteiger charge is -2.04. The molecule has 0 bridgehead atoms. The number of unbranched alkanes of at least 4 members (excludes halogenated alkanes) is 17. The summed E-state index contributed by atoms with van der Waals surface area (Å²) in [6.45, 7) is 4.56. The van der Waals surface area contributed by atoms with Crippen molar-refractivity contribution in [3.8, 4) is 0 Å². The minimum Gasteiger partial charge on any atom is -0.247 e. The molecule has 170 valence electrons. The minimum absolute atomic E-state index is 1.19. The molecule has 2 nitrogen and oxygen atoms in total. The molecule has 2 heteroatoms. The van der Waals surface area contributed by atoms with Gasteiger partial charge in [-0.3, -0.25) is 0 Å². The second-order valence-corrected chi connectivity index (χ2v) is 9.30. The molecule has 0 aromatic carbocycles. The molecule has 0 saturated heterocycles. The highest BCUT2D eigenvalue weighted by Gasteiger charge is 2.12. The van der Waals surface area contributed by atoms with Crippen LogP contribution in [0.4, 0.5) is 0 Å². The standard InChI is InChI=1S/C27H52N2/c1-4-6-8-9-10-11-12-13-14-15-16-17-18-19-20-21-22-23-26-25-28-27(29(26)3)24-7-5-2/h25H,4-24H2,1-3H3/p+1. The van der Waals surface area contributed by atoms with E-state index in [9.17, 15) is 0 Å². The lowest BCUT2D eigenvalue weighted by atomic mass is 10.0. The first-order valence-corrected chi connectivity index (χ1v) is 13.3. The van der Waals surface area contributed by atoms with Crippen molar-refractivity contribution in [2.45, 2.75) is 149 Å². The summed E-state index contributed by atoms with van der Waals surface area (Å²) in [6, 6.07) is 0. The Balaban J connectivity index is 1.82. The van der Waals surface area contributed by atoms with E-state index in [2.05, 4.69) is 36.6 Å². The van der Waals surface area contributed by atoms with Crippen molar-refractivity contribution in [1.29, 1.82) is 0 Å². The Bertz CT molecular complexity index is 463. The van der Waals surface area contributed by atoms with E-state index >= 15 is 0 Å². The number of rotatable bonds is 21. The van der Waals surface area contributed by atoms with Gasteiger partial charge in [0.15, 0.2) is 0 Å². The lowest BCUT2D eigenvalue weighted by Crippen LogP contribution is -2.35. The summed E-state index contributed by atoms with van der Waals surface area (Å²) in [6.07, 6.45) is 31.8. The fraction of sp³-hybridized carbons (Fsp3) is 0.889. The van der Waals surface area contributed by atoms with Crippen molar-refractivity contribution in [2.75, 3.05) is 0 Å². The van der Waals surface area contributed by atoms with Gasteiger partial charge in [0.2, 0.25) is 0 Å². The Labute approximate surface area is 183 Å². The third-order valence-electron chi connectivity index (χ3n) is 6.54. The Kier molecular flexibility index (Phi) is 17.4. The third kappa shape index (κ3) is 13.9. The Hall–Kier alpha value is -0.790. The number of imidazole rings is 1. The van der Waals surface area contributed by atoms with Crippen molar-refractivity contribution in [2.24, 2.45) is 7.05 Å². The maximum atomic E-state index is 3.48. The van der Waals surface area contributed by atoms with E-state index in [0.29, 0.717) is 0 Å². The monoisotopic (exact) mass is 405 g/mol. The highest BCUT2D eigenvalue weighted by atomic mass is 15.1. The summed E-state index contributed by atoms with van der Waals surface area (Å²) in [5.74, 6) is 1.40. The van der Waals surface area contributed by atoms with Crippen LogP contribution in [0, 0.1) is 0 Å². The SMILES string of the molecule is CCCCCCCCCCCCCCCCCCCc1c[nH]c(CCCC)[n+]1C. The number of aryl methyl sites for hydroxylation is 2. The van der Waals surface area contributed by atoms with Crippen molar-refractivity contribution < 1.29 is 4.57 Å². The summed E-state index contributed by atoms with van der Waals surface area (Å²) < 4.78 is 2.39. The normalized spacial score (nSPS) is 11.4. The van der Waals surface area contributed by atoms with E-state index in [1.165, 1.54) is 146 Å². The predicted octanol–water partition coefficient (Wildman–Crippen LogP) is 8.38. The van der Waals surface area contributed by atoms with E-state index in [1.54, 1.807) is 0 Å². The molecule has 1 rings (SSSR count). The molecule has 1 heterocycles. The van der Waals surface area contributed by atoms with Crippen LogP contribution in [0.1, 0.15) is 147 Å². The molecule has 1 aromatic rings. The van der Waals surface area contributed by atoms with Crippen LogP contribution in [-0.2, 0) is 19.9 Å².